The molecule has 29 heavy (non-hydrogen) atoms. The second-order valence-electron chi connectivity index (χ2n) is 7.30. The van der Waals surface area contributed by atoms with E-state index in [2.05, 4.69) is 20.7 Å². The Balaban J connectivity index is 1.40. The van der Waals surface area contributed by atoms with Crippen molar-refractivity contribution in [1.29, 1.82) is 0 Å². The van der Waals surface area contributed by atoms with E-state index >= 15 is 0 Å². The minimum absolute atomic E-state index is 0.137. The lowest BCUT2D eigenvalue weighted by Gasteiger charge is -2.34. The first-order valence-corrected chi connectivity index (χ1v) is 9.77. The molecule has 0 aliphatic heterocycles. The predicted molar refractivity (Wildman–Crippen MR) is 109 cm³/mol. The number of benzene rings is 2. The molecule has 2 N–H and O–H groups in total. The Morgan fingerprint density at radius 1 is 1.07 bits per heavy atom. The maximum Gasteiger partial charge on any atom is 0.313 e. The first-order valence-electron chi connectivity index (χ1n) is 9.77. The number of nitrogens with zero attached hydrogens (tertiary/aromatic N) is 3. The summed E-state index contributed by atoms with van der Waals surface area (Å²) in [5.74, 6) is -0.907. The average molecular weight is 389 g/mol. The van der Waals surface area contributed by atoms with Crippen molar-refractivity contribution < 1.29 is 9.59 Å². The van der Waals surface area contributed by atoms with E-state index < -0.39 is 11.8 Å². The van der Waals surface area contributed by atoms with Gasteiger partial charge in [0.1, 0.15) is 12.7 Å². The van der Waals surface area contributed by atoms with Crippen molar-refractivity contribution in [3.8, 4) is 0 Å². The van der Waals surface area contributed by atoms with E-state index in [0.717, 1.165) is 30.4 Å². The minimum atomic E-state index is -0.664. The van der Waals surface area contributed by atoms with Gasteiger partial charge in [0.05, 0.1) is 12.6 Å². The van der Waals surface area contributed by atoms with Gasteiger partial charge in [-0.3, -0.25) is 9.59 Å². The number of hydrogen-bond donors (Lipinski definition) is 2. The Bertz CT molecular complexity index is 968. The number of rotatable bonds is 6. The molecule has 3 aromatic rings. The molecule has 2 aromatic carbocycles. The van der Waals surface area contributed by atoms with Gasteiger partial charge in [-0.15, -0.1) is 0 Å². The zero-order valence-corrected chi connectivity index (χ0v) is 16.0. The Morgan fingerprint density at radius 3 is 2.59 bits per heavy atom. The van der Waals surface area contributed by atoms with Gasteiger partial charge in [0.15, 0.2) is 0 Å². The highest BCUT2D eigenvalue weighted by Gasteiger charge is 2.31. The van der Waals surface area contributed by atoms with Crippen LogP contribution in [0.1, 0.15) is 36.4 Å². The number of nitrogens with one attached hydrogen (secondary N) is 2. The third-order valence-electron chi connectivity index (χ3n) is 5.27. The SMILES string of the molecule is O=C(Nc1cccc(Cn2cncn2)c1)C(=O)N[C@@H](c1ccccc1)C1CCC1. The third-order valence-corrected chi connectivity index (χ3v) is 5.27. The lowest BCUT2D eigenvalue weighted by atomic mass is 9.77. The highest BCUT2D eigenvalue weighted by molar-refractivity contribution is 6.39. The topological polar surface area (TPSA) is 88.9 Å². The fraction of sp³-hybridized carbons (Fsp3) is 0.273. The average Bonchev–Trinajstić information content (AvgIpc) is 3.20. The van der Waals surface area contributed by atoms with Gasteiger partial charge < -0.3 is 10.6 Å². The number of carbonyl (C=O) groups excluding carboxylic acids is 2. The summed E-state index contributed by atoms with van der Waals surface area (Å²) in [6.45, 7) is 0.535. The molecule has 0 bridgehead atoms. The van der Waals surface area contributed by atoms with E-state index in [4.69, 9.17) is 0 Å². The molecule has 0 unspecified atom stereocenters. The van der Waals surface area contributed by atoms with Crippen molar-refractivity contribution in [2.45, 2.75) is 31.8 Å². The van der Waals surface area contributed by atoms with Crippen LogP contribution in [0.5, 0.6) is 0 Å². The van der Waals surface area contributed by atoms with Gasteiger partial charge in [0, 0.05) is 5.69 Å². The second-order valence-corrected chi connectivity index (χ2v) is 7.30. The quantitative estimate of drug-likeness (QED) is 0.635. The largest absolute Gasteiger partial charge is 0.341 e. The molecule has 0 radical (unpaired) electrons. The molecular weight excluding hydrogens is 366 g/mol. The second kappa shape index (κ2) is 8.68. The molecule has 1 fully saturated rings. The van der Waals surface area contributed by atoms with Crippen molar-refractivity contribution in [2.75, 3.05) is 5.32 Å². The number of hydrogen-bond acceptors (Lipinski definition) is 4. The van der Waals surface area contributed by atoms with Gasteiger partial charge in [-0.05, 0) is 42.0 Å². The zero-order valence-electron chi connectivity index (χ0n) is 16.0. The normalized spacial score (nSPS) is 14.6. The Hall–Kier alpha value is -3.48. The van der Waals surface area contributed by atoms with Crippen LogP contribution in [0.25, 0.3) is 0 Å². The molecule has 7 heteroatoms. The molecule has 1 aromatic heterocycles. The van der Waals surface area contributed by atoms with Gasteiger partial charge in [-0.25, -0.2) is 9.67 Å². The van der Waals surface area contributed by atoms with Gasteiger partial charge in [-0.2, -0.15) is 5.10 Å². The first-order chi connectivity index (χ1) is 14.2. The van der Waals surface area contributed by atoms with Crippen LogP contribution in [0.4, 0.5) is 5.69 Å². The number of aromatic nitrogens is 3. The van der Waals surface area contributed by atoms with Gasteiger partial charge in [0.25, 0.3) is 0 Å². The van der Waals surface area contributed by atoms with E-state index in [0.29, 0.717) is 18.2 Å². The summed E-state index contributed by atoms with van der Waals surface area (Å²) < 4.78 is 1.69. The summed E-state index contributed by atoms with van der Waals surface area (Å²) in [5.41, 5.74) is 2.56. The van der Waals surface area contributed by atoms with Crippen LogP contribution in [-0.2, 0) is 16.1 Å². The zero-order chi connectivity index (χ0) is 20.1. The Morgan fingerprint density at radius 2 is 1.90 bits per heavy atom. The summed E-state index contributed by atoms with van der Waals surface area (Å²) in [6, 6.07) is 17.1. The molecule has 1 aliphatic carbocycles. The Labute approximate surface area is 169 Å². The standard InChI is InChI=1S/C22H23N5O2/c28-21(25-19-11-4-6-16(12-19)13-27-15-23-14-24-27)22(29)26-20(18-9-5-10-18)17-7-2-1-3-8-17/h1-4,6-8,11-12,14-15,18,20H,5,9-10,13H2,(H,25,28)(H,26,29)/t20-/m0/s1. The molecule has 7 nitrogen and oxygen atoms in total. The summed E-state index contributed by atoms with van der Waals surface area (Å²) >= 11 is 0. The smallest absolute Gasteiger partial charge is 0.313 e. The number of carbonyl (C=O) groups is 2. The molecular formula is C22H23N5O2. The third kappa shape index (κ3) is 4.68. The van der Waals surface area contributed by atoms with E-state index in [1.807, 2.05) is 48.5 Å². The lowest BCUT2D eigenvalue weighted by Crippen LogP contribution is -2.41. The first kappa shape index (κ1) is 18.9. The van der Waals surface area contributed by atoms with E-state index in [9.17, 15) is 9.59 Å². The van der Waals surface area contributed by atoms with Gasteiger partial charge in [-0.1, -0.05) is 48.9 Å². The maximum absolute atomic E-state index is 12.6. The van der Waals surface area contributed by atoms with Crippen LogP contribution < -0.4 is 10.6 Å². The highest BCUT2D eigenvalue weighted by Crippen LogP contribution is 2.37. The van der Waals surface area contributed by atoms with Crippen molar-refractivity contribution in [3.05, 3.63) is 78.4 Å². The lowest BCUT2D eigenvalue weighted by molar-refractivity contribution is -0.137. The Kier molecular flexibility index (Phi) is 5.65. The number of anilines is 1. The summed E-state index contributed by atoms with van der Waals surface area (Å²) in [4.78, 5) is 29.0. The molecule has 4 rings (SSSR count). The van der Waals surface area contributed by atoms with Crippen molar-refractivity contribution in [1.82, 2.24) is 20.1 Å². The van der Waals surface area contributed by atoms with Crippen molar-refractivity contribution in [3.63, 3.8) is 0 Å². The van der Waals surface area contributed by atoms with Crippen LogP contribution >= 0.6 is 0 Å². The summed E-state index contributed by atoms with van der Waals surface area (Å²) in [7, 11) is 0. The molecule has 1 atom stereocenters. The van der Waals surface area contributed by atoms with Crippen molar-refractivity contribution in [2.24, 2.45) is 5.92 Å². The van der Waals surface area contributed by atoms with Crippen LogP contribution in [0.3, 0.4) is 0 Å². The fourth-order valence-electron chi connectivity index (χ4n) is 3.55. The molecule has 0 saturated heterocycles. The monoisotopic (exact) mass is 389 g/mol. The van der Waals surface area contributed by atoms with E-state index in [1.165, 1.54) is 6.33 Å². The van der Waals surface area contributed by atoms with E-state index in [1.54, 1.807) is 17.1 Å². The van der Waals surface area contributed by atoms with Gasteiger partial charge >= 0.3 is 11.8 Å². The predicted octanol–water partition coefficient (Wildman–Crippen LogP) is 2.92. The molecule has 0 spiro atoms. The highest BCUT2D eigenvalue weighted by atomic mass is 16.2. The fourth-order valence-corrected chi connectivity index (χ4v) is 3.55. The van der Waals surface area contributed by atoms with E-state index in [-0.39, 0.29) is 6.04 Å². The molecule has 1 heterocycles. The molecule has 2 amide bonds. The van der Waals surface area contributed by atoms with Crippen LogP contribution in [0.2, 0.25) is 0 Å². The maximum atomic E-state index is 12.6. The minimum Gasteiger partial charge on any atom is -0.341 e. The van der Waals surface area contributed by atoms with Crippen LogP contribution in [-0.4, -0.2) is 26.6 Å². The molecule has 1 saturated carbocycles. The summed E-state index contributed by atoms with van der Waals surface area (Å²) in [6.07, 6.45) is 6.39. The molecule has 1 aliphatic rings. The van der Waals surface area contributed by atoms with Crippen LogP contribution in [0.15, 0.2) is 67.3 Å². The number of amides is 2. The van der Waals surface area contributed by atoms with Crippen LogP contribution in [0, 0.1) is 5.92 Å². The molecule has 148 valence electrons. The van der Waals surface area contributed by atoms with Gasteiger partial charge in [0.2, 0.25) is 0 Å². The van der Waals surface area contributed by atoms with Crippen molar-refractivity contribution >= 4 is 17.5 Å². The summed E-state index contributed by atoms with van der Waals surface area (Å²) in [5, 5.41) is 9.71.